The Morgan fingerprint density at radius 2 is 1.89 bits per heavy atom. The predicted molar refractivity (Wildman–Crippen MR) is 101 cm³/mol. The number of aliphatic hydroxyl groups is 1. The number of amides is 2. The third-order valence-corrected chi connectivity index (χ3v) is 4.35. The Kier molecular flexibility index (Phi) is 7.07. The van der Waals surface area contributed by atoms with E-state index in [9.17, 15) is 14.7 Å². The number of hydrogen-bond donors (Lipinski definition) is 2. The van der Waals surface area contributed by atoms with Gasteiger partial charge in [0, 0.05) is 13.1 Å². The lowest BCUT2D eigenvalue weighted by Crippen LogP contribution is -2.51. The largest absolute Gasteiger partial charge is 0.497 e. The second kappa shape index (κ2) is 9.08. The lowest BCUT2D eigenvalue weighted by atomic mass is 10.0. The van der Waals surface area contributed by atoms with Gasteiger partial charge in [0.1, 0.15) is 17.4 Å². The third kappa shape index (κ3) is 6.75. The smallest absolute Gasteiger partial charge is 0.408 e. The molecule has 0 aliphatic carbocycles. The Bertz CT molecular complexity index is 639. The molecule has 7 nitrogen and oxygen atoms in total. The lowest BCUT2D eigenvalue weighted by molar-refractivity contribution is -0.135. The number of nitrogens with zero attached hydrogens (tertiary/aromatic N) is 1. The second-order valence-corrected chi connectivity index (χ2v) is 7.83. The summed E-state index contributed by atoms with van der Waals surface area (Å²) in [5.41, 5.74) is 0.312. The molecule has 1 aromatic rings. The van der Waals surface area contributed by atoms with E-state index in [0.29, 0.717) is 32.4 Å². The van der Waals surface area contributed by atoms with Gasteiger partial charge in [-0.3, -0.25) is 4.79 Å². The summed E-state index contributed by atoms with van der Waals surface area (Å²) in [5, 5.41) is 12.8. The Labute approximate surface area is 160 Å². The molecular formula is C20H30N2O5. The van der Waals surface area contributed by atoms with Crippen LogP contribution in [0, 0.1) is 0 Å². The highest BCUT2D eigenvalue weighted by atomic mass is 16.6. The molecule has 2 amide bonds. The first-order valence-electron chi connectivity index (χ1n) is 9.27. The number of methoxy groups -OCH3 is 1. The molecule has 2 rings (SSSR count). The standard InChI is InChI=1S/C20H30N2O5/c1-20(2,3)27-19(25)21-17-10-7-15(23)11-12-22(18(17)24)13-14-5-8-16(26-4)9-6-14/h5-6,8-9,15,17,23H,7,10-13H2,1-4H3,(H,21,25)/t15-,17+/m1/s1. The number of carbonyl (C=O) groups excluding carboxylic acids is 2. The summed E-state index contributed by atoms with van der Waals surface area (Å²) < 4.78 is 10.4. The highest BCUT2D eigenvalue weighted by Crippen LogP contribution is 2.18. The van der Waals surface area contributed by atoms with E-state index in [-0.39, 0.29) is 5.91 Å². The van der Waals surface area contributed by atoms with Gasteiger partial charge >= 0.3 is 6.09 Å². The summed E-state index contributed by atoms with van der Waals surface area (Å²) in [7, 11) is 1.60. The van der Waals surface area contributed by atoms with Gasteiger partial charge in [-0.1, -0.05) is 12.1 Å². The van der Waals surface area contributed by atoms with Crippen LogP contribution >= 0.6 is 0 Å². The summed E-state index contributed by atoms with van der Waals surface area (Å²) >= 11 is 0. The minimum absolute atomic E-state index is 0.163. The van der Waals surface area contributed by atoms with Crippen LogP contribution in [-0.4, -0.2) is 53.4 Å². The van der Waals surface area contributed by atoms with Crippen LogP contribution in [0.2, 0.25) is 0 Å². The summed E-state index contributed by atoms with van der Waals surface area (Å²) in [5.74, 6) is 0.584. The fraction of sp³-hybridized carbons (Fsp3) is 0.600. The lowest BCUT2D eigenvalue weighted by Gasteiger charge is -2.32. The molecule has 0 saturated carbocycles. The molecule has 1 aromatic carbocycles. The molecule has 0 aromatic heterocycles. The summed E-state index contributed by atoms with van der Waals surface area (Å²) in [4.78, 5) is 26.8. The Morgan fingerprint density at radius 3 is 2.48 bits per heavy atom. The van der Waals surface area contributed by atoms with Crippen LogP contribution < -0.4 is 10.1 Å². The van der Waals surface area contributed by atoms with E-state index < -0.39 is 23.8 Å². The van der Waals surface area contributed by atoms with Crippen molar-refractivity contribution in [2.24, 2.45) is 0 Å². The van der Waals surface area contributed by atoms with Crippen molar-refractivity contribution in [3.63, 3.8) is 0 Å². The first-order valence-corrected chi connectivity index (χ1v) is 9.27. The van der Waals surface area contributed by atoms with E-state index in [1.807, 2.05) is 24.3 Å². The van der Waals surface area contributed by atoms with Crippen LogP contribution in [0.1, 0.15) is 45.6 Å². The van der Waals surface area contributed by atoms with Crippen molar-refractivity contribution >= 4 is 12.0 Å². The number of rotatable bonds is 4. The maximum absolute atomic E-state index is 13.0. The molecule has 1 heterocycles. The van der Waals surface area contributed by atoms with Gasteiger partial charge in [-0.2, -0.15) is 0 Å². The van der Waals surface area contributed by atoms with Crippen molar-refractivity contribution in [3.8, 4) is 5.75 Å². The van der Waals surface area contributed by atoms with Crippen molar-refractivity contribution in [1.82, 2.24) is 10.2 Å². The van der Waals surface area contributed by atoms with E-state index in [2.05, 4.69) is 5.32 Å². The Hall–Kier alpha value is -2.28. The summed E-state index contributed by atoms with van der Waals surface area (Å²) in [6, 6.07) is 6.77. The van der Waals surface area contributed by atoms with Crippen LogP contribution in [0.4, 0.5) is 4.79 Å². The van der Waals surface area contributed by atoms with Gasteiger partial charge in [0.2, 0.25) is 5.91 Å². The topological polar surface area (TPSA) is 88.1 Å². The molecule has 2 N–H and O–H groups in total. The zero-order chi connectivity index (χ0) is 20.0. The Morgan fingerprint density at radius 1 is 1.22 bits per heavy atom. The van der Waals surface area contributed by atoms with Gasteiger partial charge in [0.05, 0.1) is 13.2 Å². The predicted octanol–water partition coefficient (Wildman–Crippen LogP) is 2.46. The van der Waals surface area contributed by atoms with E-state index in [1.54, 1.807) is 32.8 Å². The van der Waals surface area contributed by atoms with Crippen molar-refractivity contribution in [2.75, 3.05) is 13.7 Å². The van der Waals surface area contributed by atoms with Gasteiger partial charge in [0.15, 0.2) is 0 Å². The molecule has 0 spiro atoms. The number of ether oxygens (including phenoxy) is 2. The minimum atomic E-state index is -0.715. The monoisotopic (exact) mass is 378 g/mol. The van der Waals surface area contributed by atoms with Gasteiger partial charge in [-0.05, 0) is 57.7 Å². The SMILES string of the molecule is COc1ccc(CN2CC[C@H](O)CC[C@H](NC(=O)OC(C)(C)C)C2=O)cc1. The number of hydrogen-bond acceptors (Lipinski definition) is 5. The fourth-order valence-electron chi connectivity index (χ4n) is 2.95. The quantitative estimate of drug-likeness (QED) is 0.840. The average molecular weight is 378 g/mol. The van der Waals surface area contributed by atoms with Crippen LogP contribution in [0.5, 0.6) is 5.75 Å². The number of aliphatic hydroxyl groups excluding tert-OH is 1. The second-order valence-electron chi connectivity index (χ2n) is 7.83. The van der Waals surface area contributed by atoms with Gasteiger partial charge in [-0.15, -0.1) is 0 Å². The molecule has 0 radical (unpaired) electrons. The highest BCUT2D eigenvalue weighted by Gasteiger charge is 2.30. The number of alkyl carbamates (subject to hydrolysis) is 1. The molecule has 1 fully saturated rings. The number of benzene rings is 1. The van der Waals surface area contributed by atoms with Gasteiger partial charge < -0.3 is 24.8 Å². The maximum atomic E-state index is 13.0. The molecule has 1 saturated heterocycles. The van der Waals surface area contributed by atoms with Crippen LogP contribution in [-0.2, 0) is 16.1 Å². The molecule has 150 valence electrons. The van der Waals surface area contributed by atoms with E-state index >= 15 is 0 Å². The average Bonchev–Trinajstić information content (AvgIpc) is 2.59. The molecule has 1 aliphatic rings. The van der Waals surface area contributed by atoms with Crippen molar-refractivity contribution < 1.29 is 24.2 Å². The third-order valence-electron chi connectivity index (χ3n) is 4.35. The maximum Gasteiger partial charge on any atom is 0.408 e. The first kappa shape index (κ1) is 21.0. The van der Waals surface area contributed by atoms with Crippen molar-refractivity contribution in [1.29, 1.82) is 0 Å². The molecule has 0 bridgehead atoms. The molecule has 0 unspecified atom stereocenters. The van der Waals surface area contributed by atoms with E-state index in [0.717, 1.165) is 11.3 Å². The first-order chi connectivity index (χ1) is 12.7. The Balaban J connectivity index is 2.09. The van der Waals surface area contributed by atoms with Crippen molar-refractivity contribution in [2.45, 2.75) is 64.3 Å². The fourth-order valence-corrected chi connectivity index (χ4v) is 2.95. The van der Waals surface area contributed by atoms with Crippen LogP contribution in [0.25, 0.3) is 0 Å². The highest BCUT2D eigenvalue weighted by molar-refractivity contribution is 5.85. The van der Waals surface area contributed by atoms with Crippen molar-refractivity contribution in [3.05, 3.63) is 29.8 Å². The summed E-state index contributed by atoms with van der Waals surface area (Å²) in [6.45, 7) is 6.14. The zero-order valence-electron chi connectivity index (χ0n) is 16.5. The molecule has 2 atom stereocenters. The minimum Gasteiger partial charge on any atom is -0.497 e. The summed E-state index contributed by atoms with van der Waals surface area (Å²) in [6.07, 6.45) is 0.224. The molecule has 7 heteroatoms. The van der Waals surface area contributed by atoms with E-state index in [4.69, 9.17) is 9.47 Å². The van der Waals surface area contributed by atoms with E-state index in [1.165, 1.54) is 0 Å². The normalized spacial score (nSPS) is 21.2. The molecule has 27 heavy (non-hydrogen) atoms. The van der Waals surface area contributed by atoms with Gasteiger partial charge in [0.25, 0.3) is 0 Å². The number of nitrogens with one attached hydrogen (secondary N) is 1. The molecular weight excluding hydrogens is 348 g/mol. The number of carbonyl (C=O) groups is 2. The van der Waals surface area contributed by atoms with Gasteiger partial charge in [-0.25, -0.2) is 4.79 Å². The zero-order valence-corrected chi connectivity index (χ0v) is 16.5. The number of likely N-dealkylation sites (tertiary alicyclic amines) is 1. The molecule has 1 aliphatic heterocycles. The van der Waals surface area contributed by atoms with Crippen LogP contribution in [0.15, 0.2) is 24.3 Å². The van der Waals surface area contributed by atoms with Crippen LogP contribution in [0.3, 0.4) is 0 Å².